The van der Waals surface area contributed by atoms with Crippen LogP contribution in [0.4, 0.5) is 0 Å². The Bertz CT molecular complexity index is 615. The molecule has 1 aliphatic carbocycles. The average molecular weight is 252 g/mol. The number of fused-ring (bicyclic) bond motifs is 1. The molecule has 0 radical (unpaired) electrons. The highest BCUT2D eigenvalue weighted by atomic mass is 16.5. The predicted octanol–water partition coefficient (Wildman–Crippen LogP) is 3.70. The minimum absolute atomic E-state index is 0.266. The number of ketones is 1. The molecule has 0 unspecified atom stereocenters. The Hall–Kier alpha value is -2.09. The van der Waals surface area contributed by atoms with E-state index in [4.69, 9.17) is 4.74 Å². The largest absolute Gasteiger partial charge is 0.489 e. The molecule has 3 rings (SSSR count). The molecule has 2 nitrogen and oxygen atoms in total. The van der Waals surface area contributed by atoms with Gasteiger partial charge in [-0.05, 0) is 42.2 Å². The van der Waals surface area contributed by atoms with Crippen LogP contribution >= 0.6 is 0 Å². The van der Waals surface area contributed by atoms with Crippen LogP contribution in [-0.4, -0.2) is 5.78 Å². The minimum atomic E-state index is 0.266. The van der Waals surface area contributed by atoms with Gasteiger partial charge in [-0.25, -0.2) is 0 Å². The predicted molar refractivity (Wildman–Crippen MR) is 74.6 cm³/mol. The van der Waals surface area contributed by atoms with Crippen molar-refractivity contribution in [3.8, 4) is 5.75 Å². The maximum Gasteiger partial charge on any atom is 0.163 e. The SMILES string of the molecule is Cc1cc(OCc2ccccc2)cc2c1C(=O)CC2. The second-order valence-corrected chi connectivity index (χ2v) is 4.97. The van der Waals surface area contributed by atoms with Crippen LogP contribution in [0.15, 0.2) is 42.5 Å². The quantitative estimate of drug-likeness (QED) is 0.832. The molecule has 0 aliphatic heterocycles. The minimum Gasteiger partial charge on any atom is -0.489 e. The van der Waals surface area contributed by atoms with Gasteiger partial charge in [0.05, 0.1) is 0 Å². The number of carbonyl (C=O) groups excluding carboxylic acids is 1. The van der Waals surface area contributed by atoms with Crippen molar-refractivity contribution >= 4 is 5.78 Å². The van der Waals surface area contributed by atoms with Crippen LogP contribution in [0.1, 0.15) is 33.5 Å². The molecule has 0 heterocycles. The summed E-state index contributed by atoms with van der Waals surface area (Å²) in [6.45, 7) is 2.55. The van der Waals surface area contributed by atoms with Gasteiger partial charge < -0.3 is 4.74 Å². The second-order valence-electron chi connectivity index (χ2n) is 4.97. The van der Waals surface area contributed by atoms with Gasteiger partial charge >= 0.3 is 0 Å². The molecular formula is C17H16O2. The fourth-order valence-electron chi connectivity index (χ4n) is 2.62. The Morgan fingerprint density at radius 2 is 1.89 bits per heavy atom. The molecular weight excluding hydrogens is 236 g/mol. The van der Waals surface area contributed by atoms with E-state index in [0.717, 1.165) is 34.4 Å². The Morgan fingerprint density at radius 3 is 2.68 bits per heavy atom. The van der Waals surface area contributed by atoms with Crippen molar-refractivity contribution in [3.05, 3.63) is 64.7 Å². The van der Waals surface area contributed by atoms with Crippen LogP contribution < -0.4 is 4.74 Å². The number of hydrogen-bond donors (Lipinski definition) is 0. The van der Waals surface area contributed by atoms with E-state index >= 15 is 0 Å². The molecule has 2 aromatic carbocycles. The van der Waals surface area contributed by atoms with Crippen molar-refractivity contribution in [1.82, 2.24) is 0 Å². The highest BCUT2D eigenvalue weighted by Crippen LogP contribution is 2.29. The van der Waals surface area contributed by atoms with Gasteiger partial charge in [0.2, 0.25) is 0 Å². The second kappa shape index (κ2) is 4.88. The molecule has 0 aromatic heterocycles. The van der Waals surface area contributed by atoms with Crippen LogP contribution in [0, 0.1) is 6.92 Å². The van der Waals surface area contributed by atoms with E-state index in [2.05, 4.69) is 0 Å². The summed E-state index contributed by atoms with van der Waals surface area (Å²) in [5, 5.41) is 0. The molecule has 0 atom stereocenters. The van der Waals surface area contributed by atoms with Crippen LogP contribution in [0.2, 0.25) is 0 Å². The summed E-state index contributed by atoms with van der Waals surface area (Å²) in [7, 11) is 0. The number of ether oxygens (including phenoxy) is 1. The number of Topliss-reactive ketones (excluding diaryl/α,β-unsaturated/α-hetero) is 1. The third-order valence-electron chi connectivity index (χ3n) is 3.54. The van der Waals surface area contributed by atoms with Crippen molar-refractivity contribution in [2.24, 2.45) is 0 Å². The molecule has 2 aromatic rings. The van der Waals surface area contributed by atoms with Crippen LogP contribution in [0.25, 0.3) is 0 Å². The third-order valence-corrected chi connectivity index (χ3v) is 3.54. The van der Waals surface area contributed by atoms with Gasteiger partial charge in [0.25, 0.3) is 0 Å². The monoisotopic (exact) mass is 252 g/mol. The zero-order chi connectivity index (χ0) is 13.2. The average Bonchev–Trinajstić information content (AvgIpc) is 2.80. The molecule has 19 heavy (non-hydrogen) atoms. The molecule has 0 spiro atoms. The summed E-state index contributed by atoms with van der Waals surface area (Å²) in [5.41, 5.74) is 4.22. The zero-order valence-corrected chi connectivity index (χ0v) is 11.0. The smallest absolute Gasteiger partial charge is 0.163 e. The lowest BCUT2D eigenvalue weighted by Crippen LogP contribution is -1.99. The van der Waals surface area contributed by atoms with E-state index in [0.29, 0.717) is 13.0 Å². The lowest BCUT2D eigenvalue weighted by molar-refractivity contribution is 0.0994. The van der Waals surface area contributed by atoms with Crippen LogP contribution in [0.5, 0.6) is 5.75 Å². The maximum absolute atomic E-state index is 11.7. The topological polar surface area (TPSA) is 26.3 Å². The van der Waals surface area contributed by atoms with Crippen molar-refractivity contribution < 1.29 is 9.53 Å². The summed E-state index contributed by atoms with van der Waals surface area (Å²) in [4.78, 5) is 11.7. The summed E-state index contributed by atoms with van der Waals surface area (Å²) in [6.07, 6.45) is 1.48. The molecule has 1 aliphatic rings. The molecule has 0 amide bonds. The van der Waals surface area contributed by atoms with E-state index < -0.39 is 0 Å². The highest BCUT2D eigenvalue weighted by Gasteiger charge is 2.22. The summed E-state index contributed by atoms with van der Waals surface area (Å²) < 4.78 is 5.82. The first-order valence-electron chi connectivity index (χ1n) is 6.57. The molecule has 2 heteroatoms. The van der Waals surface area contributed by atoms with Crippen molar-refractivity contribution in [2.75, 3.05) is 0 Å². The number of carbonyl (C=O) groups is 1. The normalized spacial score (nSPS) is 13.4. The molecule has 96 valence electrons. The first-order valence-corrected chi connectivity index (χ1v) is 6.57. The van der Waals surface area contributed by atoms with Gasteiger partial charge in [-0.1, -0.05) is 30.3 Å². The first kappa shape index (κ1) is 12.0. The van der Waals surface area contributed by atoms with Crippen LogP contribution in [0.3, 0.4) is 0 Å². The van der Waals surface area contributed by atoms with E-state index in [1.165, 1.54) is 0 Å². The van der Waals surface area contributed by atoms with Gasteiger partial charge in [-0.3, -0.25) is 4.79 Å². The Balaban J connectivity index is 1.80. The van der Waals surface area contributed by atoms with E-state index in [9.17, 15) is 4.79 Å². The molecule has 0 saturated heterocycles. The van der Waals surface area contributed by atoms with E-state index in [-0.39, 0.29) is 5.78 Å². The fourth-order valence-corrected chi connectivity index (χ4v) is 2.62. The van der Waals surface area contributed by atoms with Crippen molar-refractivity contribution in [2.45, 2.75) is 26.4 Å². The van der Waals surface area contributed by atoms with Gasteiger partial charge in [0.1, 0.15) is 12.4 Å². The Labute approximate surface area is 113 Å². The highest BCUT2D eigenvalue weighted by molar-refractivity contribution is 6.01. The van der Waals surface area contributed by atoms with Gasteiger partial charge in [0, 0.05) is 12.0 Å². The van der Waals surface area contributed by atoms with Crippen LogP contribution in [-0.2, 0) is 13.0 Å². The Kier molecular flexibility index (Phi) is 3.08. The van der Waals surface area contributed by atoms with E-state index in [1.54, 1.807) is 0 Å². The van der Waals surface area contributed by atoms with Gasteiger partial charge in [0.15, 0.2) is 5.78 Å². The Morgan fingerprint density at radius 1 is 1.11 bits per heavy atom. The number of aryl methyl sites for hydroxylation is 2. The maximum atomic E-state index is 11.7. The standard InChI is InChI=1S/C17H16O2/c1-12-9-15(10-14-7-8-16(18)17(12)14)19-11-13-5-3-2-4-6-13/h2-6,9-10H,7-8,11H2,1H3. The molecule has 0 saturated carbocycles. The first-order chi connectivity index (χ1) is 9.24. The van der Waals surface area contributed by atoms with Gasteiger partial charge in [-0.2, -0.15) is 0 Å². The summed E-state index contributed by atoms with van der Waals surface area (Å²) in [5.74, 6) is 1.12. The fraction of sp³-hybridized carbons (Fsp3) is 0.235. The molecule has 0 bridgehead atoms. The number of rotatable bonds is 3. The molecule has 0 fully saturated rings. The van der Waals surface area contributed by atoms with E-state index in [1.807, 2.05) is 49.4 Å². The van der Waals surface area contributed by atoms with Gasteiger partial charge in [-0.15, -0.1) is 0 Å². The number of benzene rings is 2. The third kappa shape index (κ3) is 2.39. The summed E-state index contributed by atoms with van der Waals surface area (Å²) in [6, 6.07) is 14.1. The zero-order valence-electron chi connectivity index (χ0n) is 11.0. The van der Waals surface area contributed by atoms with Crippen molar-refractivity contribution in [1.29, 1.82) is 0 Å². The lowest BCUT2D eigenvalue weighted by atomic mass is 10.0. The lowest BCUT2D eigenvalue weighted by Gasteiger charge is -2.10. The summed E-state index contributed by atoms with van der Waals surface area (Å²) >= 11 is 0. The molecule has 0 N–H and O–H groups in total. The van der Waals surface area contributed by atoms with Crippen molar-refractivity contribution in [3.63, 3.8) is 0 Å². The number of hydrogen-bond acceptors (Lipinski definition) is 2.